The number of aromatic nitrogens is 2. The minimum atomic E-state index is 0. The van der Waals surface area contributed by atoms with Gasteiger partial charge in [0.15, 0.2) is 0 Å². The lowest BCUT2D eigenvalue weighted by molar-refractivity contribution is -0.136. The van der Waals surface area contributed by atoms with E-state index >= 15 is 0 Å². The Labute approximate surface area is 145 Å². The molecule has 0 radical (unpaired) electrons. The molecular formula is C14H27Cl2N5O. The molecule has 1 aliphatic rings. The van der Waals surface area contributed by atoms with Crippen LogP contribution >= 0.6 is 24.8 Å². The van der Waals surface area contributed by atoms with Crippen LogP contribution < -0.4 is 5.32 Å². The predicted octanol–water partition coefficient (Wildman–Crippen LogP) is 1.08. The molecule has 0 spiro atoms. The third-order valence-corrected chi connectivity index (χ3v) is 3.99. The zero-order valence-corrected chi connectivity index (χ0v) is 15.3. The first-order chi connectivity index (χ1) is 9.50. The summed E-state index contributed by atoms with van der Waals surface area (Å²) in [7, 11) is 3.96. The number of imidazole rings is 1. The molecule has 1 fully saturated rings. The molecule has 1 aliphatic heterocycles. The molecule has 1 saturated heterocycles. The molecule has 128 valence electrons. The summed E-state index contributed by atoms with van der Waals surface area (Å²) in [4.78, 5) is 21.0. The van der Waals surface area contributed by atoms with Crippen molar-refractivity contribution in [3.05, 3.63) is 18.2 Å². The van der Waals surface area contributed by atoms with Crippen molar-refractivity contribution in [3.63, 3.8) is 0 Å². The Morgan fingerprint density at radius 3 is 2.73 bits per heavy atom. The van der Waals surface area contributed by atoms with Gasteiger partial charge in [-0.25, -0.2) is 4.98 Å². The van der Waals surface area contributed by atoms with E-state index in [1.807, 2.05) is 29.8 Å². The summed E-state index contributed by atoms with van der Waals surface area (Å²) in [6, 6.07) is 0.394. The number of halogens is 2. The molecule has 1 atom stereocenters. The minimum Gasteiger partial charge on any atom is -0.336 e. The summed E-state index contributed by atoms with van der Waals surface area (Å²) in [5.41, 5.74) is 0. The monoisotopic (exact) mass is 351 g/mol. The number of hydrogen-bond donors (Lipinski definition) is 1. The van der Waals surface area contributed by atoms with Gasteiger partial charge in [0.1, 0.15) is 11.9 Å². The van der Waals surface area contributed by atoms with Crippen LogP contribution in [0.25, 0.3) is 0 Å². The molecule has 2 heterocycles. The lowest BCUT2D eigenvalue weighted by Crippen LogP contribution is -2.52. The average molecular weight is 352 g/mol. The fourth-order valence-corrected chi connectivity index (χ4v) is 2.42. The standard InChI is InChI=1S/C14H25N5O.2ClH/c1-11(2)18(4)10-13(20)19-8-5-15-9-12(19)14-16-6-7-17(14)3;;/h6-7,11-12,15H,5,8-10H2,1-4H3;2*1H. The van der Waals surface area contributed by atoms with Gasteiger partial charge < -0.3 is 14.8 Å². The molecule has 0 aromatic carbocycles. The van der Waals surface area contributed by atoms with Gasteiger partial charge in [-0.15, -0.1) is 24.8 Å². The number of piperazine rings is 1. The smallest absolute Gasteiger partial charge is 0.237 e. The van der Waals surface area contributed by atoms with E-state index < -0.39 is 0 Å². The fraction of sp³-hybridized carbons (Fsp3) is 0.714. The second kappa shape index (κ2) is 9.35. The van der Waals surface area contributed by atoms with E-state index in [4.69, 9.17) is 0 Å². The lowest BCUT2D eigenvalue weighted by Gasteiger charge is -2.37. The molecule has 1 amide bonds. The van der Waals surface area contributed by atoms with Gasteiger partial charge in [-0.1, -0.05) is 0 Å². The van der Waals surface area contributed by atoms with Gasteiger partial charge >= 0.3 is 0 Å². The van der Waals surface area contributed by atoms with Gasteiger partial charge in [0.2, 0.25) is 5.91 Å². The lowest BCUT2D eigenvalue weighted by atomic mass is 10.1. The Morgan fingerprint density at radius 1 is 1.50 bits per heavy atom. The largest absolute Gasteiger partial charge is 0.336 e. The van der Waals surface area contributed by atoms with Crippen LogP contribution in [0.2, 0.25) is 0 Å². The summed E-state index contributed by atoms with van der Waals surface area (Å²) in [5.74, 6) is 1.12. The topological polar surface area (TPSA) is 53.4 Å². The highest BCUT2D eigenvalue weighted by Crippen LogP contribution is 2.20. The van der Waals surface area contributed by atoms with Crippen LogP contribution in [0.1, 0.15) is 25.7 Å². The maximum Gasteiger partial charge on any atom is 0.237 e. The number of rotatable bonds is 4. The highest BCUT2D eigenvalue weighted by Gasteiger charge is 2.30. The zero-order valence-electron chi connectivity index (χ0n) is 13.7. The average Bonchev–Trinajstić information content (AvgIpc) is 2.84. The second-order valence-electron chi connectivity index (χ2n) is 5.71. The summed E-state index contributed by atoms with van der Waals surface area (Å²) >= 11 is 0. The Hall–Kier alpha value is -0.820. The number of aryl methyl sites for hydroxylation is 1. The van der Waals surface area contributed by atoms with Crippen molar-refractivity contribution in [1.82, 2.24) is 24.7 Å². The van der Waals surface area contributed by atoms with Gasteiger partial charge in [-0.05, 0) is 20.9 Å². The van der Waals surface area contributed by atoms with Crippen LogP contribution in [0, 0.1) is 0 Å². The molecule has 6 nitrogen and oxygen atoms in total. The minimum absolute atomic E-state index is 0. The Kier molecular flexibility index (Phi) is 9.00. The number of hydrogen-bond acceptors (Lipinski definition) is 4. The van der Waals surface area contributed by atoms with E-state index in [0.717, 1.165) is 25.5 Å². The molecule has 8 heteroatoms. The van der Waals surface area contributed by atoms with Crippen molar-refractivity contribution in [2.45, 2.75) is 25.9 Å². The Balaban J connectivity index is 0.00000220. The molecule has 0 saturated carbocycles. The van der Waals surface area contributed by atoms with Crippen LogP contribution in [0.15, 0.2) is 12.4 Å². The van der Waals surface area contributed by atoms with Gasteiger partial charge in [-0.3, -0.25) is 9.69 Å². The van der Waals surface area contributed by atoms with Crippen molar-refractivity contribution in [2.24, 2.45) is 7.05 Å². The van der Waals surface area contributed by atoms with E-state index in [-0.39, 0.29) is 36.8 Å². The molecule has 1 unspecified atom stereocenters. The van der Waals surface area contributed by atoms with Crippen LogP contribution in [0.5, 0.6) is 0 Å². The second-order valence-corrected chi connectivity index (χ2v) is 5.71. The van der Waals surface area contributed by atoms with E-state index in [2.05, 4.69) is 29.0 Å². The summed E-state index contributed by atoms with van der Waals surface area (Å²) < 4.78 is 1.99. The molecule has 0 aliphatic carbocycles. The maximum absolute atomic E-state index is 12.5. The summed E-state index contributed by atoms with van der Waals surface area (Å²) in [6.45, 7) is 7.00. The first kappa shape index (κ1) is 21.2. The molecule has 2 rings (SSSR count). The molecule has 1 N–H and O–H groups in total. The number of likely N-dealkylation sites (N-methyl/N-ethyl adjacent to an activating group) is 1. The first-order valence-corrected chi connectivity index (χ1v) is 7.18. The van der Waals surface area contributed by atoms with Crippen molar-refractivity contribution in [1.29, 1.82) is 0 Å². The number of amides is 1. The van der Waals surface area contributed by atoms with Gasteiger partial charge in [0, 0.05) is 45.1 Å². The Bertz CT molecular complexity index is 466. The van der Waals surface area contributed by atoms with Gasteiger partial charge in [0.25, 0.3) is 0 Å². The van der Waals surface area contributed by atoms with E-state index in [0.29, 0.717) is 12.6 Å². The van der Waals surface area contributed by atoms with Crippen LogP contribution in [0.4, 0.5) is 0 Å². The Morgan fingerprint density at radius 2 is 2.18 bits per heavy atom. The van der Waals surface area contributed by atoms with Crippen molar-refractivity contribution < 1.29 is 4.79 Å². The number of carbonyl (C=O) groups excluding carboxylic acids is 1. The van der Waals surface area contributed by atoms with Gasteiger partial charge in [0.05, 0.1) is 6.54 Å². The zero-order chi connectivity index (χ0) is 14.7. The quantitative estimate of drug-likeness (QED) is 0.881. The first-order valence-electron chi connectivity index (χ1n) is 7.18. The van der Waals surface area contributed by atoms with Crippen molar-refractivity contribution in [2.75, 3.05) is 33.2 Å². The van der Waals surface area contributed by atoms with Crippen LogP contribution in [-0.2, 0) is 11.8 Å². The van der Waals surface area contributed by atoms with Crippen LogP contribution in [0.3, 0.4) is 0 Å². The van der Waals surface area contributed by atoms with Crippen LogP contribution in [-0.4, -0.2) is 64.5 Å². The molecule has 22 heavy (non-hydrogen) atoms. The van der Waals surface area contributed by atoms with E-state index in [9.17, 15) is 4.79 Å². The highest BCUT2D eigenvalue weighted by atomic mass is 35.5. The number of nitrogens with one attached hydrogen (secondary N) is 1. The SMILES string of the molecule is CC(C)N(C)CC(=O)N1CCNCC1c1nccn1C.Cl.Cl. The number of nitrogens with zero attached hydrogens (tertiary/aromatic N) is 4. The summed E-state index contributed by atoms with van der Waals surface area (Å²) in [5, 5.41) is 3.35. The molecule has 1 aromatic heterocycles. The third-order valence-electron chi connectivity index (χ3n) is 3.99. The van der Waals surface area contributed by atoms with E-state index in [1.54, 1.807) is 6.20 Å². The fourth-order valence-electron chi connectivity index (χ4n) is 2.42. The normalized spacial score (nSPS) is 18.1. The highest BCUT2D eigenvalue weighted by molar-refractivity contribution is 5.85. The van der Waals surface area contributed by atoms with Crippen molar-refractivity contribution in [3.8, 4) is 0 Å². The maximum atomic E-state index is 12.5. The summed E-state index contributed by atoms with van der Waals surface area (Å²) in [6.07, 6.45) is 3.71. The number of carbonyl (C=O) groups is 1. The molecule has 0 bridgehead atoms. The van der Waals surface area contributed by atoms with Gasteiger partial charge in [-0.2, -0.15) is 0 Å². The van der Waals surface area contributed by atoms with Crippen molar-refractivity contribution >= 4 is 30.7 Å². The molecule has 1 aromatic rings. The molecular weight excluding hydrogens is 325 g/mol. The van der Waals surface area contributed by atoms with E-state index in [1.165, 1.54) is 0 Å². The predicted molar refractivity (Wildman–Crippen MR) is 92.8 cm³/mol. The third kappa shape index (κ3) is 4.84.